The van der Waals surface area contributed by atoms with Crippen LogP contribution in [0.25, 0.3) is 0 Å². The molecule has 1 aromatic rings. The molecule has 0 aromatic heterocycles. The van der Waals surface area contributed by atoms with Gasteiger partial charge in [-0.3, -0.25) is 10.1 Å². The molecule has 0 aliphatic rings. The van der Waals surface area contributed by atoms with E-state index >= 15 is 0 Å². The van der Waals surface area contributed by atoms with Gasteiger partial charge in [0.05, 0.1) is 6.61 Å². The van der Waals surface area contributed by atoms with E-state index in [1.54, 1.807) is 38.1 Å². The summed E-state index contributed by atoms with van der Waals surface area (Å²) in [6.45, 7) is 3.83. The van der Waals surface area contributed by atoms with Crippen molar-refractivity contribution >= 4 is 23.4 Å². The van der Waals surface area contributed by atoms with Crippen molar-refractivity contribution in [3.63, 3.8) is 0 Å². The second-order valence-electron chi connectivity index (χ2n) is 3.33. The van der Waals surface area contributed by atoms with E-state index in [4.69, 9.17) is 4.74 Å². The Bertz CT molecular complexity index is 404. The Balaban J connectivity index is 2.65. The van der Waals surface area contributed by atoms with E-state index in [1.165, 1.54) is 0 Å². The largest absolute Gasteiger partial charge is 0.450 e. The Morgan fingerprint density at radius 1 is 1.18 bits per heavy atom. The van der Waals surface area contributed by atoms with Crippen LogP contribution in [0.1, 0.15) is 20.3 Å². The fraction of sp³-hybridized carbons (Fsp3) is 0.333. The van der Waals surface area contributed by atoms with E-state index in [-0.39, 0.29) is 5.91 Å². The van der Waals surface area contributed by atoms with Crippen LogP contribution < -0.4 is 10.6 Å². The first kappa shape index (κ1) is 13.0. The fourth-order valence-corrected chi connectivity index (χ4v) is 1.21. The molecule has 0 aliphatic heterocycles. The van der Waals surface area contributed by atoms with E-state index < -0.39 is 6.09 Å². The highest BCUT2D eigenvalue weighted by Gasteiger charge is 2.03. The number of nitrogens with one attached hydrogen (secondary N) is 2. The zero-order valence-electron chi connectivity index (χ0n) is 9.95. The minimum Gasteiger partial charge on any atom is -0.450 e. The molecular formula is C12H16N2O3. The molecule has 0 fully saturated rings. The van der Waals surface area contributed by atoms with Crippen LogP contribution in [0.4, 0.5) is 16.2 Å². The zero-order valence-corrected chi connectivity index (χ0v) is 9.95. The smallest absolute Gasteiger partial charge is 0.411 e. The van der Waals surface area contributed by atoms with Gasteiger partial charge in [-0.15, -0.1) is 0 Å². The number of carbonyl (C=O) groups is 2. The molecule has 5 heteroatoms. The fourth-order valence-electron chi connectivity index (χ4n) is 1.21. The van der Waals surface area contributed by atoms with Crippen molar-refractivity contribution in [3.8, 4) is 0 Å². The lowest BCUT2D eigenvalue weighted by Gasteiger charge is -2.08. The van der Waals surface area contributed by atoms with Crippen LogP contribution in [0.5, 0.6) is 0 Å². The van der Waals surface area contributed by atoms with E-state index in [0.717, 1.165) is 0 Å². The lowest BCUT2D eigenvalue weighted by Crippen LogP contribution is -2.14. The molecule has 0 bridgehead atoms. The Morgan fingerprint density at radius 3 is 2.41 bits per heavy atom. The van der Waals surface area contributed by atoms with Gasteiger partial charge < -0.3 is 10.1 Å². The molecule has 0 heterocycles. The van der Waals surface area contributed by atoms with Gasteiger partial charge in [0.1, 0.15) is 0 Å². The van der Waals surface area contributed by atoms with Crippen molar-refractivity contribution in [2.75, 3.05) is 17.2 Å². The number of amides is 2. The first-order chi connectivity index (χ1) is 8.15. The quantitative estimate of drug-likeness (QED) is 0.844. The number of carbonyl (C=O) groups excluding carboxylic acids is 2. The van der Waals surface area contributed by atoms with Crippen LogP contribution >= 0.6 is 0 Å². The molecule has 0 atom stereocenters. The highest BCUT2D eigenvalue weighted by atomic mass is 16.5. The van der Waals surface area contributed by atoms with Gasteiger partial charge >= 0.3 is 6.09 Å². The topological polar surface area (TPSA) is 67.4 Å². The van der Waals surface area contributed by atoms with Gasteiger partial charge in [0, 0.05) is 17.8 Å². The number of ether oxygens (including phenoxy) is 1. The van der Waals surface area contributed by atoms with E-state index in [0.29, 0.717) is 24.4 Å². The van der Waals surface area contributed by atoms with Gasteiger partial charge in [-0.25, -0.2) is 4.79 Å². The summed E-state index contributed by atoms with van der Waals surface area (Å²) < 4.78 is 4.75. The van der Waals surface area contributed by atoms with Crippen molar-refractivity contribution in [2.24, 2.45) is 0 Å². The maximum absolute atomic E-state index is 11.2. The number of rotatable bonds is 4. The van der Waals surface area contributed by atoms with Gasteiger partial charge in [0.2, 0.25) is 5.91 Å². The second-order valence-corrected chi connectivity index (χ2v) is 3.33. The van der Waals surface area contributed by atoms with E-state index in [9.17, 15) is 9.59 Å². The number of hydrogen-bond acceptors (Lipinski definition) is 3. The SMILES string of the molecule is CCOC(=O)Nc1cccc(NC(=O)CC)c1. The molecule has 5 nitrogen and oxygen atoms in total. The van der Waals surface area contributed by atoms with Gasteiger partial charge in [0.25, 0.3) is 0 Å². The Hall–Kier alpha value is -2.04. The molecule has 0 saturated carbocycles. The van der Waals surface area contributed by atoms with E-state index in [1.807, 2.05) is 0 Å². The van der Waals surface area contributed by atoms with Crippen LogP contribution in [0, 0.1) is 0 Å². The summed E-state index contributed by atoms with van der Waals surface area (Å²) in [5.74, 6) is -0.0710. The van der Waals surface area contributed by atoms with Gasteiger partial charge in [-0.2, -0.15) is 0 Å². The van der Waals surface area contributed by atoms with Crippen LogP contribution in [0.3, 0.4) is 0 Å². The number of benzene rings is 1. The van der Waals surface area contributed by atoms with Crippen molar-refractivity contribution in [3.05, 3.63) is 24.3 Å². The van der Waals surface area contributed by atoms with Crippen molar-refractivity contribution in [1.29, 1.82) is 0 Å². The first-order valence-corrected chi connectivity index (χ1v) is 5.49. The average molecular weight is 236 g/mol. The number of anilines is 2. The highest BCUT2D eigenvalue weighted by Crippen LogP contribution is 2.15. The third-order valence-electron chi connectivity index (χ3n) is 1.99. The van der Waals surface area contributed by atoms with Gasteiger partial charge in [0.15, 0.2) is 0 Å². The van der Waals surface area contributed by atoms with Crippen LogP contribution in [-0.4, -0.2) is 18.6 Å². The summed E-state index contributed by atoms with van der Waals surface area (Å²) in [6.07, 6.45) is -0.0957. The predicted molar refractivity (Wildman–Crippen MR) is 66.0 cm³/mol. The zero-order chi connectivity index (χ0) is 12.7. The number of hydrogen-bond donors (Lipinski definition) is 2. The van der Waals surface area contributed by atoms with Crippen molar-refractivity contribution in [1.82, 2.24) is 0 Å². The Labute approximate surface area is 100 Å². The predicted octanol–water partition coefficient (Wildman–Crippen LogP) is 2.60. The maximum atomic E-state index is 11.2. The molecule has 17 heavy (non-hydrogen) atoms. The van der Waals surface area contributed by atoms with E-state index in [2.05, 4.69) is 10.6 Å². The summed E-state index contributed by atoms with van der Waals surface area (Å²) in [6, 6.07) is 6.89. The maximum Gasteiger partial charge on any atom is 0.411 e. The molecule has 0 unspecified atom stereocenters. The van der Waals surface area contributed by atoms with Crippen molar-refractivity contribution in [2.45, 2.75) is 20.3 Å². The highest BCUT2D eigenvalue weighted by molar-refractivity contribution is 5.92. The molecule has 1 aromatic carbocycles. The lowest BCUT2D eigenvalue weighted by molar-refractivity contribution is -0.115. The standard InChI is InChI=1S/C12H16N2O3/c1-3-11(15)13-9-6-5-7-10(8-9)14-12(16)17-4-2/h5-8H,3-4H2,1-2H3,(H,13,15)(H,14,16). The summed E-state index contributed by atoms with van der Waals surface area (Å²) in [5.41, 5.74) is 1.23. The molecule has 2 N–H and O–H groups in total. The molecule has 0 aliphatic carbocycles. The first-order valence-electron chi connectivity index (χ1n) is 5.49. The molecule has 2 amide bonds. The normalized spacial score (nSPS) is 9.53. The molecule has 0 spiro atoms. The molecule has 1 rings (SSSR count). The summed E-state index contributed by atoms with van der Waals surface area (Å²) in [7, 11) is 0. The average Bonchev–Trinajstić information content (AvgIpc) is 2.29. The molecule has 92 valence electrons. The Morgan fingerprint density at radius 2 is 1.82 bits per heavy atom. The van der Waals surface area contributed by atoms with Gasteiger partial charge in [-0.1, -0.05) is 13.0 Å². The second kappa shape index (κ2) is 6.52. The van der Waals surface area contributed by atoms with Crippen LogP contribution in [0.15, 0.2) is 24.3 Å². The Kier molecular flexibility index (Phi) is 5.00. The summed E-state index contributed by atoms with van der Waals surface area (Å²) in [4.78, 5) is 22.4. The lowest BCUT2D eigenvalue weighted by atomic mass is 10.2. The third-order valence-corrected chi connectivity index (χ3v) is 1.99. The molecule has 0 saturated heterocycles. The summed E-state index contributed by atoms with van der Waals surface area (Å²) in [5, 5.41) is 5.27. The van der Waals surface area contributed by atoms with Crippen LogP contribution in [0.2, 0.25) is 0 Å². The van der Waals surface area contributed by atoms with Crippen LogP contribution in [-0.2, 0) is 9.53 Å². The molecular weight excluding hydrogens is 220 g/mol. The monoisotopic (exact) mass is 236 g/mol. The van der Waals surface area contributed by atoms with Gasteiger partial charge in [-0.05, 0) is 25.1 Å². The summed E-state index contributed by atoms with van der Waals surface area (Å²) >= 11 is 0. The minimum absolute atomic E-state index is 0.0710. The molecule has 0 radical (unpaired) electrons. The third kappa shape index (κ3) is 4.55. The van der Waals surface area contributed by atoms with Crippen molar-refractivity contribution < 1.29 is 14.3 Å². The minimum atomic E-state index is -0.508.